The number of aromatic nitrogens is 1. The van der Waals surface area contributed by atoms with Crippen LogP contribution in [-0.4, -0.2) is 58.7 Å². The van der Waals surface area contributed by atoms with Crippen LogP contribution in [0.2, 0.25) is 0 Å². The van der Waals surface area contributed by atoms with E-state index in [1.165, 1.54) is 5.56 Å². The van der Waals surface area contributed by atoms with Crippen LogP contribution in [0.3, 0.4) is 0 Å². The second kappa shape index (κ2) is 7.53. The third-order valence-corrected chi connectivity index (χ3v) is 6.26. The molecule has 1 saturated heterocycles. The van der Waals surface area contributed by atoms with Gasteiger partial charge in [-0.2, -0.15) is 0 Å². The first-order chi connectivity index (χ1) is 13.5. The molecule has 0 unspecified atom stereocenters. The van der Waals surface area contributed by atoms with Gasteiger partial charge in [0, 0.05) is 57.4 Å². The van der Waals surface area contributed by atoms with Crippen LogP contribution in [0.5, 0.6) is 0 Å². The molecule has 4 atom stereocenters. The SMILES string of the molecule is CN(C)C(=O)[C@@H]1[C@@H](CO)[C@@H]2Cn3c(cccc3=O)[C@@H]2N1CCc1ccccc1. The van der Waals surface area contributed by atoms with Crippen LogP contribution in [0.1, 0.15) is 17.3 Å². The summed E-state index contributed by atoms with van der Waals surface area (Å²) in [6.45, 7) is 1.20. The maximum atomic E-state index is 13.1. The summed E-state index contributed by atoms with van der Waals surface area (Å²) in [5, 5.41) is 10.2. The summed E-state index contributed by atoms with van der Waals surface area (Å²) in [4.78, 5) is 29.2. The van der Waals surface area contributed by atoms with Gasteiger partial charge in [-0.25, -0.2) is 0 Å². The quantitative estimate of drug-likeness (QED) is 0.844. The number of likely N-dealkylation sites (N-methyl/N-ethyl adjacent to an activating group) is 1. The summed E-state index contributed by atoms with van der Waals surface area (Å²) in [5.74, 6) is -0.105. The highest BCUT2D eigenvalue weighted by Crippen LogP contribution is 2.49. The molecule has 1 aromatic carbocycles. The van der Waals surface area contributed by atoms with Gasteiger partial charge in [0.15, 0.2) is 0 Å². The molecule has 28 heavy (non-hydrogen) atoms. The van der Waals surface area contributed by atoms with E-state index in [1.807, 2.05) is 28.8 Å². The Balaban J connectivity index is 1.72. The minimum atomic E-state index is -0.372. The van der Waals surface area contributed by atoms with Crippen LogP contribution in [0.25, 0.3) is 0 Å². The lowest BCUT2D eigenvalue weighted by Gasteiger charge is -2.32. The molecule has 2 aromatic rings. The molecule has 4 rings (SSSR count). The van der Waals surface area contributed by atoms with Crippen LogP contribution < -0.4 is 5.56 Å². The molecule has 1 aromatic heterocycles. The van der Waals surface area contributed by atoms with Crippen LogP contribution >= 0.6 is 0 Å². The van der Waals surface area contributed by atoms with E-state index in [9.17, 15) is 14.7 Å². The summed E-state index contributed by atoms with van der Waals surface area (Å²) < 4.78 is 1.81. The molecule has 2 aliphatic rings. The van der Waals surface area contributed by atoms with Crippen molar-refractivity contribution >= 4 is 5.91 Å². The van der Waals surface area contributed by atoms with Gasteiger partial charge in [-0.05, 0) is 18.1 Å². The topological polar surface area (TPSA) is 65.8 Å². The van der Waals surface area contributed by atoms with Crippen molar-refractivity contribution < 1.29 is 9.90 Å². The van der Waals surface area contributed by atoms with Gasteiger partial charge in [-0.1, -0.05) is 36.4 Å². The Kier molecular flexibility index (Phi) is 5.08. The first-order valence-electron chi connectivity index (χ1n) is 9.84. The zero-order chi connectivity index (χ0) is 19.8. The van der Waals surface area contributed by atoms with E-state index in [2.05, 4.69) is 17.0 Å². The predicted molar refractivity (Wildman–Crippen MR) is 107 cm³/mol. The molecule has 0 saturated carbocycles. The lowest BCUT2D eigenvalue weighted by Crippen LogP contribution is -2.48. The molecule has 6 nitrogen and oxygen atoms in total. The third-order valence-electron chi connectivity index (χ3n) is 6.26. The standard InChI is InChI=1S/C22H27N3O3/c1-23(2)22(28)21-17(14-26)16-13-25-18(9-6-10-19(25)27)20(16)24(21)12-11-15-7-4-3-5-8-15/h3-10,16-17,20-21,26H,11-14H2,1-2H3/t16-,17-,20+,21-/m0/s1. The van der Waals surface area contributed by atoms with E-state index in [-0.39, 0.29) is 42.0 Å². The fraction of sp³-hybridized carbons (Fsp3) is 0.455. The van der Waals surface area contributed by atoms with Gasteiger partial charge in [-0.3, -0.25) is 14.5 Å². The molecule has 0 radical (unpaired) electrons. The van der Waals surface area contributed by atoms with Gasteiger partial charge >= 0.3 is 0 Å². The zero-order valence-electron chi connectivity index (χ0n) is 16.4. The number of carbonyl (C=O) groups is 1. The maximum Gasteiger partial charge on any atom is 0.250 e. The number of rotatable bonds is 5. The summed E-state index contributed by atoms with van der Waals surface area (Å²) in [7, 11) is 3.53. The molecule has 0 bridgehead atoms. The van der Waals surface area contributed by atoms with Gasteiger partial charge in [0.1, 0.15) is 0 Å². The average molecular weight is 381 g/mol. The molecule has 0 aliphatic carbocycles. The molecule has 1 amide bonds. The largest absolute Gasteiger partial charge is 0.396 e. The second-order valence-electron chi connectivity index (χ2n) is 8.01. The molecule has 1 N–H and O–H groups in total. The highest BCUT2D eigenvalue weighted by molar-refractivity contribution is 5.82. The summed E-state index contributed by atoms with van der Waals surface area (Å²) in [5.41, 5.74) is 2.16. The number of amides is 1. The molecule has 0 spiro atoms. The Morgan fingerprint density at radius 1 is 1.14 bits per heavy atom. The third kappa shape index (κ3) is 3.06. The number of aliphatic hydroxyl groups is 1. The molecule has 3 heterocycles. The number of fused-ring (bicyclic) bond motifs is 3. The summed E-state index contributed by atoms with van der Waals surface area (Å²) in [6.07, 6.45) is 0.816. The predicted octanol–water partition coefficient (Wildman–Crippen LogP) is 1.14. The van der Waals surface area contributed by atoms with Crippen LogP contribution in [0, 0.1) is 11.8 Å². The van der Waals surface area contributed by atoms with Crippen molar-refractivity contribution in [3.63, 3.8) is 0 Å². The number of hydrogen-bond acceptors (Lipinski definition) is 4. The fourth-order valence-corrected chi connectivity index (χ4v) is 4.96. The number of likely N-dealkylation sites (tertiary alicyclic amines) is 1. The van der Waals surface area contributed by atoms with Gasteiger partial charge in [-0.15, -0.1) is 0 Å². The van der Waals surface area contributed by atoms with Crippen LogP contribution in [0.15, 0.2) is 53.3 Å². The van der Waals surface area contributed by atoms with Gasteiger partial charge in [0.2, 0.25) is 5.91 Å². The van der Waals surface area contributed by atoms with Gasteiger partial charge in [0.05, 0.1) is 12.1 Å². The zero-order valence-corrected chi connectivity index (χ0v) is 16.4. The second-order valence-corrected chi connectivity index (χ2v) is 8.01. The molecule has 6 heteroatoms. The molecule has 1 fully saturated rings. The maximum absolute atomic E-state index is 13.1. The number of carbonyl (C=O) groups excluding carboxylic acids is 1. The van der Waals surface area contributed by atoms with E-state index in [0.717, 1.165) is 12.1 Å². The number of benzene rings is 1. The molecular formula is C22H27N3O3. The Morgan fingerprint density at radius 2 is 1.89 bits per heavy atom. The summed E-state index contributed by atoms with van der Waals surface area (Å²) >= 11 is 0. The minimum absolute atomic E-state index is 0.0120. The Hall–Kier alpha value is -2.44. The van der Waals surface area contributed by atoms with E-state index in [0.29, 0.717) is 13.1 Å². The van der Waals surface area contributed by atoms with E-state index in [1.54, 1.807) is 31.1 Å². The number of nitrogens with zero attached hydrogens (tertiary/aromatic N) is 3. The van der Waals surface area contributed by atoms with Crippen molar-refractivity contribution in [2.75, 3.05) is 27.2 Å². The van der Waals surface area contributed by atoms with Gasteiger partial charge < -0.3 is 14.6 Å². The Labute approximate surface area is 165 Å². The monoisotopic (exact) mass is 381 g/mol. The van der Waals surface area contributed by atoms with Crippen molar-refractivity contribution in [1.82, 2.24) is 14.4 Å². The first-order valence-corrected chi connectivity index (χ1v) is 9.84. The van der Waals surface area contributed by atoms with Crippen molar-refractivity contribution in [2.24, 2.45) is 11.8 Å². The van der Waals surface area contributed by atoms with Crippen molar-refractivity contribution in [3.8, 4) is 0 Å². The lowest BCUT2D eigenvalue weighted by atomic mass is 9.88. The van der Waals surface area contributed by atoms with Crippen molar-refractivity contribution in [1.29, 1.82) is 0 Å². The highest BCUT2D eigenvalue weighted by Gasteiger charge is 2.55. The van der Waals surface area contributed by atoms with E-state index >= 15 is 0 Å². The van der Waals surface area contributed by atoms with Crippen LogP contribution in [0.4, 0.5) is 0 Å². The number of hydrogen-bond donors (Lipinski definition) is 1. The molecule has 148 valence electrons. The van der Waals surface area contributed by atoms with E-state index < -0.39 is 0 Å². The smallest absolute Gasteiger partial charge is 0.250 e. The summed E-state index contributed by atoms with van der Waals surface area (Å²) in [6, 6.07) is 15.2. The van der Waals surface area contributed by atoms with Crippen molar-refractivity contribution in [3.05, 3.63) is 70.1 Å². The minimum Gasteiger partial charge on any atom is -0.396 e. The van der Waals surface area contributed by atoms with E-state index in [4.69, 9.17) is 0 Å². The Morgan fingerprint density at radius 3 is 2.57 bits per heavy atom. The molecular weight excluding hydrogens is 354 g/mol. The highest BCUT2D eigenvalue weighted by atomic mass is 16.3. The Bertz CT molecular complexity index is 909. The van der Waals surface area contributed by atoms with Gasteiger partial charge in [0.25, 0.3) is 5.56 Å². The lowest BCUT2D eigenvalue weighted by molar-refractivity contribution is -0.135. The van der Waals surface area contributed by atoms with Crippen molar-refractivity contribution in [2.45, 2.75) is 25.0 Å². The van der Waals surface area contributed by atoms with Crippen LogP contribution in [-0.2, 0) is 17.8 Å². The molecule has 2 aliphatic heterocycles. The number of aliphatic hydroxyl groups excluding tert-OH is 1. The number of pyridine rings is 1. The average Bonchev–Trinajstić information content (AvgIpc) is 3.22. The first kappa shape index (κ1) is 18.9. The fourth-order valence-electron chi connectivity index (χ4n) is 4.96. The normalized spacial score (nSPS) is 26.1.